The summed E-state index contributed by atoms with van der Waals surface area (Å²) in [5, 5.41) is 4.06. The lowest BCUT2D eigenvalue weighted by molar-refractivity contribution is 0.100. The zero-order valence-electron chi connectivity index (χ0n) is 13.2. The third-order valence-corrected chi connectivity index (χ3v) is 4.24. The van der Waals surface area contributed by atoms with Crippen LogP contribution in [0, 0.1) is 0 Å². The van der Waals surface area contributed by atoms with Crippen LogP contribution in [0.3, 0.4) is 0 Å². The Bertz CT molecular complexity index is 470. The van der Waals surface area contributed by atoms with Crippen LogP contribution in [0.25, 0.3) is 0 Å². The number of carbonyl (C=O) groups is 1. The predicted molar refractivity (Wildman–Crippen MR) is 89.3 cm³/mol. The van der Waals surface area contributed by atoms with Gasteiger partial charge in [-0.2, -0.15) is 0 Å². The fourth-order valence-electron chi connectivity index (χ4n) is 1.95. The van der Waals surface area contributed by atoms with E-state index in [1.807, 2.05) is 13.8 Å². The van der Waals surface area contributed by atoms with Gasteiger partial charge in [0.15, 0.2) is 5.75 Å². The molecule has 0 unspecified atom stereocenters. The van der Waals surface area contributed by atoms with Crippen molar-refractivity contribution in [1.29, 1.82) is 0 Å². The number of likely N-dealkylation sites (N-methyl/N-ethyl adjacent to an activating group) is 1. The standard InChI is InChI=1S/C14H26N4O2S/c1-5-18(6-2)8-7-17-14-11(20-9(3)4)10(15)12(21-14)13(16)19/h9,17H,5-8,15H2,1-4H3,(H2,16,19). The largest absolute Gasteiger partial charge is 0.486 e. The van der Waals surface area contributed by atoms with E-state index in [2.05, 4.69) is 24.1 Å². The molecule has 0 radical (unpaired) electrons. The lowest BCUT2D eigenvalue weighted by atomic mass is 10.3. The lowest BCUT2D eigenvalue weighted by Gasteiger charge is -2.18. The van der Waals surface area contributed by atoms with Gasteiger partial charge in [-0.25, -0.2) is 0 Å². The van der Waals surface area contributed by atoms with Crippen LogP contribution in [0.5, 0.6) is 5.75 Å². The molecular formula is C14H26N4O2S. The highest BCUT2D eigenvalue weighted by Crippen LogP contribution is 2.42. The summed E-state index contributed by atoms with van der Waals surface area (Å²) in [5.74, 6) is 0.00578. The second-order valence-corrected chi connectivity index (χ2v) is 6.01. The molecule has 1 heterocycles. The number of rotatable bonds is 9. The summed E-state index contributed by atoms with van der Waals surface area (Å²) < 4.78 is 5.72. The van der Waals surface area contributed by atoms with Crippen LogP contribution < -0.4 is 21.5 Å². The van der Waals surface area contributed by atoms with Crippen molar-refractivity contribution in [3.8, 4) is 5.75 Å². The number of anilines is 2. The summed E-state index contributed by atoms with van der Waals surface area (Å²) in [6.07, 6.45) is -0.0223. The molecule has 0 aliphatic carbocycles. The van der Waals surface area contributed by atoms with E-state index in [0.29, 0.717) is 16.3 Å². The molecule has 21 heavy (non-hydrogen) atoms. The van der Waals surface area contributed by atoms with Gasteiger partial charge in [0.2, 0.25) is 0 Å². The quantitative estimate of drug-likeness (QED) is 0.648. The van der Waals surface area contributed by atoms with Gasteiger partial charge >= 0.3 is 0 Å². The van der Waals surface area contributed by atoms with Gasteiger partial charge in [0, 0.05) is 13.1 Å². The van der Waals surface area contributed by atoms with Crippen molar-refractivity contribution in [3.05, 3.63) is 4.88 Å². The Morgan fingerprint density at radius 3 is 2.48 bits per heavy atom. The highest BCUT2D eigenvalue weighted by atomic mass is 32.1. The van der Waals surface area contributed by atoms with Gasteiger partial charge in [-0.3, -0.25) is 4.79 Å². The van der Waals surface area contributed by atoms with Crippen LogP contribution in [0.1, 0.15) is 37.4 Å². The van der Waals surface area contributed by atoms with Crippen LogP contribution in [-0.4, -0.2) is 43.1 Å². The molecule has 7 heteroatoms. The average Bonchev–Trinajstić information content (AvgIpc) is 2.72. The van der Waals surface area contributed by atoms with E-state index in [0.717, 1.165) is 31.2 Å². The Hall–Kier alpha value is -1.47. The first-order valence-electron chi connectivity index (χ1n) is 7.25. The third kappa shape index (κ3) is 4.78. The summed E-state index contributed by atoms with van der Waals surface area (Å²) in [5.41, 5.74) is 11.6. The highest BCUT2D eigenvalue weighted by Gasteiger charge is 2.21. The topological polar surface area (TPSA) is 93.6 Å². The summed E-state index contributed by atoms with van der Waals surface area (Å²) >= 11 is 1.25. The van der Waals surface area contributed by atoms with Crippen molar-refractivity contribution in [2.45, 2.75) is 33.8 Å². The Labute approximate surface area is 130 Å². The molecule has 0 saturated carbocycles. The number of nitrogens with one attached hydrogen (secondary N) is 1. The van der Waals surface area contributed by atoms with Crippen molar-refractivity contribution >= 4 is 27.9 Å². The van der Waals surface area contributed by atoms with Gasteiger partial charge in [-0.1, -0.05) is 13.8 Å². The fraction of sp³-hybridized carbons (Fsp3) is 0.643. The van der Waals surface area contributed by atoms with Crippen LogP contribution in [0.15, 0.2) is 0 Å². The molecule has 0 spiro atoms. The SMILES string of the molecule is CCN(CC)CCNc1sc(C(N)=O)c(N)c1OC(C)C. The number of nitrogen functional groups attached to an aromatic ring is 1. The summed E-state index contributed by atoms with van der Waals surface area (Å²) in [4.78, 5) is 14.1. The summed E-state index contributed by atoms with van der Waals surface area (Å²) in [7, 11) is 0. The Morgan fingerprint density at radius 2 is 2.00 bits per heavy atom. The van der Waals surface area contributed by atoms with E-state index in [-0.39, 0.29) is 6.10 Å². The van der Waals surface area contributed by atoms with Crippen molar-refractivity contribution in [3.63, 3.8) is 0 Å². The second-order valence-electron chi connectivity index (χ2n) is 4.99. The van der Waals surface area contributed by atoms with Gasteiger partial charge in [0.1, 0.15) is 15.6 Å². The Morgan fingerprint density at radius 1 is 1.38 bits per heavy atom. The maximum Gasteiger partial charge on any atom is 0.261 e. The number of hydrogen-bond donors (Lipinski definition) is 3. The molecule has 5 N–H and O–H groups in total. The molecule has 0 fully saturated rings. The normalized spacial score (nSPS) is 11.1. The first kappa shape index (κ1) is 17.6. The van der Waals surface area contributed by atoms with E-state index in [1.54, 1.807) is 0 Å². The molecule has 0 aliphatic rings. The zero-order chi connectivity index (χ0) is 16.0. The molecule has 0 aromatic carbocycles. The first-order valence-corrected chi connectivity index (χ1v) is 8.07. The third-order valence-electron chi connectivity index (χ3n) is 3.08. The lowest BCUT2D eigenvalue weighted by Crippen LogP contribution is -2.28. The minimum absolute atomic E-state index is 0.0223. The molecule has 0 atom stereocenters. The maximum absolute atomic E-state index is 11.4. The average molecular weight is 314 g/mol. The monoisotopic (exact) mass is 314 g/mol. The smallest absolute Gasteiger partial charge is 0.261 e. The maximum atomic E-state index is 11.4. The molecule has 1 aromatic heterocycles. The molecule has 0 saturated heterocycles. The Kier molecular flexibility index (Phi) is 6.77. The number of nitrogens with zero attached hydrogens (tertiary/aromatic N) is 1. The number of thiophene rings is 1. The molecule has 0 bridgehead atoms. The van der Waals surface area contributed by atoms with Crippen LogP contribution in [-0.2, 0) is 0 Å². The minimum atomic E-state index is -0.525. The zero-order valence-corrected chi connectivity index (χ0v) is 14.0. The van der Waals surface area contributed by atoms with Crippen molar-refractivity contribution in [2.75, 3.05) is 37.2 Å². The van der Waals surface area contributed by atoms with E-state index in [9.17, 15) is 4.79 Å². The van der Waals surface area contributed by atoms with Gasteiger partial charge in [0.05, 0.1) is 6.10 Å². The van der Waals surface area contributed by atoms with E-state index < -0.39 is 5.91 Å². The molecule has 120 valence electrons. The molecular weight excluding hydrogens is 288 g/mol. The van der Waals surface area contributed by atoms with E-state index in [4.69, 9.17) is 16.2 Å². The number of hydrogen-bond acceptors (Lipinski definition) is 6. The van der Waals surface area contributed by atoms with Crippen LogP contribution in [0.2, 0.25) is 0 Å². The predicted octanol–water partition coefficient (Wildman–Crippen LogP) is 1.97. The molecule has 1 rings (SSSR count). The van der Waals surface area contributed by atoms with E-state index in [1.165, 1.54) is 11.3 Å². The summed E-state index contributed by atoms with van der Waals surface area (Å²) in [6, 6.07) is 0. The fourth-order valence-corrected chi connectivity index (χ4v) is 2.88. The number of nitrogens with two attached hydrogens (primary N) is 2. The summed E-state index contributed by atoms with van der Waals surface area (Å²) in [6.45, 7) is 11.8. The second kappa shape index (κ2) is 8.09. The van der Waals surface area contributed by atoms with Crippen molar-refractivity contribution in [1.82, 2.24) is 4.90 Å². The van der Waals surface area contributed by atoms with Gasteiger partial charge < -0.3 is 26.4 Å². The Balaban J connectivity index is 2.84. The highest BCUT2D eigenvalue weighted by molar-refractivity contribution is 7.19. The van der Waals surface area contributed by atoms with Crippen LogP contribution in [0.4, 0.5) is 10.7 Å². The first-order chi connectivity index (χ1) is 9.90. The van der Waals surface area contributed by atoms with E-state index >= 15 is 0 Å². The van der Waals surface area contributed by atoms with Gasteiger partial charge in [0.25, 0.3) is 5.91 Å². The minimum Gasteiger partial charge on any atom is -0.486 e. The van der Waals surface area contributed by atoms with Crippen molar-refractivity contribution in [2.24, 2.45) is 5.73 Å². The number of carbonyl (C=O) groups excluding carboxylic acids is 1. The molecule has 0 aliphatic heterocycles. The number of amides is 1. The molecule has 1 amide bonds. The number of primary amides is 1. The molecule has 6 nitrogen and oxygen atoms in total. The molecule has 1 aromatic rings. The van der Waals surface area contributed by atoms with Gasteiger partial charge in [-0.15, -0.1) is 11.3 Å². The number of ether oxygens (including phenoxy) is 1. The van der Waals surface area contributed by atoms with Crippen LogP contribution >= 0.6 is 11.3 Å². The van der Waals surface area contributed by atoms with Crippen molar-refractivity contribution < 1.29 is 9.53 Å². The van der Waals surface area contributed by atoms with Gasteiger partial charge in [-0.05, 0) is 26.9 Å².